The lowest BCUT2D eigenvalue weighted by Crippen LogP contribution is -2.01. The van der Waals surface area contributed by atoms with Gasteiger partial charge in [-0.15, -0.1) is 11.3 Å². The van der Waals surface area contributed by atoms with E-state index in [4.69, 9.17) is 21.7 Å². The molecule has 0 saturated heterocycles. The van der Waals surface area contributed by atoms with Crippen LogP contribution in [0.25, 0.3) is 6.08 Å². The summed E-state index contributed by atoms with van der Waals surface area (Å²) < 4.78 is 7.69. The number of aryl methyl sites for hydroxylation is 1. The van der Waals surface area contributed by atoms with Crippen LogP contribution in [0.3, 0.4) is 0 Å². The Bertz CT molecular complexity index is 769. The van der Waals surface area contributed by atoms with Crippen molar-refractivity contribution in [1.29, 1.82) is 0 Å². The van der Waals surface area contributed by atoms with Crippen molar-refractivity contribution in [2.75, 3.05) is 0 Å². The topological polar surface area (TPSA) is 75.6 Å². The van der Waals surface area contributed by atoms with Crippen LogP contribution < -0.4 is 0 Å². The van der Waals surface area contributed by atoms with E-state index in [1.54, 1.807) is 4.57 Å². The molecule has 0 radical (unpaired) electrons. The van der Waals surface area contributed by atoms with Crippen LogP contribution in [-0.2, 0) is 11.3 Å². The first-order valence-electron chi connectivity index (χ1n) is 7.27. The molecule has 23 heavy (non-hydrogen) atoms. The molecule has 2 aromatic heterocycles. The van der Waals surface area contributed by atoms with Gasteiger partial charge in [0.15, 0.2) is 3.95 Å². The fraction of sp³-hybridized carbons (Fsp3) is 0.375. The van der Waals surface area contributed by atoms with Crippen LogP contribution in [0.4, 0.5) is 0 Å². The number of rotatable bonds is 7. The van der Waals surface area contributed by atoms with Crippen molar-refractivity contribution in [3.8, 4) is 5.88 Å². The minimum Gasteiger partial charge on any atom is -0.493 e. The first-order chi connectivity index (χ1) is 10.9. The average Bonchev–Trinajstić information content (AvgIpc) is 3.03. The Hall–Kier alpha value is -1.86. The zero-order valence-corrected chi connectivity index (χ0v) is 14.6. The molecule has 0 spiro atoms. The summed E-state index contributed by atoms with van der Waals surface area (Å²) in [5.41, 5.74) is 0. The number of hydrogen-bond donors (Lipinski definition) is 2. The van der Waals surface area contributed by atoms with Gasteiger partial charge in [0.1, 0.15) is 11.5 Å². The van der Waals surface area contributed by atoms with E-state index in [0.717, 1.165) is 11.5 Å². The van der Waals surface area contributed by atoms with Gasteiger partial charge in [0, 0.05) is 18.9 Å². The van der Waals surface area contributed by atoms with Gasteiger partial charge in [-0.1, -0.05) is 13.0 Å². The molecule has 2 heterocycles. The lowest BCUT2D eigenvalue weighted by Gasteiger charge is -2.03. The number of allylic oxidation sites excluding steroid dienone is 1. The fourth-order valence-corrected chi connectivity index (χ4v) is 3.40. The summed E-state index contributed by atoms with van der Waals surface area (Å²) >= 11 is 6.54. The molecule has 0 aliphatic rings. The third-order valence-electron chi connectivity index (χ3n) is 3.41. The Labute approximate surface area is 143 Å². The summed E-state index contributed by atoms with van der Waals surface area (Å²) in [5, 5.41) is 18.9. The highest BCUT2D eigenvalue weighted by Gasteiger charge is 2.11. The predicted molar refractivity (Wildman–Crippen MR) is 92.6 cm³/mol. The standard InChI is InChI=1S/C16H19NO4S2/c1-10(12-7-6-11(2)21-12)5-8-13-15(20)17(16(22)23-13)9-3-4-14(18)19/h5-8,10,20H,3-4,9H2,1-2H3,(H,18,19). The fourth-order valence-electron chi connectivity index (χ4n) is 2.13. The van der Waals surface area contributed by atoms with Crippen molar-refractivity contribution in [2.45, 2.75) is 39.2 Å². The quantitative estimate of drug-likeness (QED) is 0.713. The van der Waals surface area contributed by atoms with E-state index < -0.39 is 5.97 Å². The average molecular weight is 353 g/mol. The second-order valence-electron chi connectivity index (χ2n) is 5.30. The highest BCUT2D eigenvalue weighted by atomic mass is 32.1. The van der Waals surface area contributed by atoms with Crippen LogP contribution in [0.5, 0.6) is 5.88 Å². The van der Waals surface area contributed by atoms with Crippen molar-refractivity contribution in [2.24, 2.45) is 0 Å². The smallest absolute Gasteiger partial charge is 0.303 e. The Morgan fingerprint density at radius 1 is 1.52 bits per heavy atom. The molecule has 5 nitrogen and oxygen atoms in total. The molecule has 0 saturated carbocycles. The highest BCUT2D eigenvalue weighted by Crippen LogP contribution is 2.29. The van der Waals surface area contributed by atoms with Gasteiger partial charge >= 0.3 is 5.97 Å². The summed E-state index contributed by atoms with van der Waals surface area (Å²) in [7, 11) is 0. The molecule has 0 fully saturated rings. The van der Waals surface area contributed by atoms with Gasteiger partial charge in [0.25, 0.3) is 0 Å². The molecule has 7 heteroatoms. The maximum atomic E-state index is 10.6. The monoisotopic (exact) mass is 353 g/mol. The number of carboxylic acids is 1. The number of aromatic hydroxyl groups is 1. The summed E-state index contributed by atoms with van der Waals surface area (Å²) in [4.78, 5) is 11.2. The Balaban J connectivity index is 2.10. The van der Waals surface area contributed by atoms with Gasteiger partial charge < -0.3 is 14.6 Å². The van der Waals surface area contributed by atoms with E-state index in [1.807, 2.05) is 38.1 Å². The van der Waals surface area contributed by atoms with Gasteiger partial charge in [0.2, 0.25) is 5.88 Å². The highest BCUT2D eigenvalue weighted by molar-refractivity contribution is 7.73. The molecule has 1 unspecified atom stereocenters. The zero-order chi connectivity index (χ0) is 17.0. The van der Waals surface area contributed by atoms with Gasteiger partial charge in [0.05, 0.1) is 4.88 Å². The second-order valence-corrected chi connectivity index (χ2v) is 6.98. The van der Waals surface area contributed by atoms with Crippen LogP contribution in [0, 0.1) is 10.9 Å². The van der Waals surface area contributed by atoms with Crippen molar-refractivity contribution >= 4 is 35.6 Å². The molecular formula is C16H19NO4S2. The van der Waals surface area contributed by atoms with Crippen LogP contribution >= 0.6 is 23.6 Å². The van der Waals surface area contributed by atoms with E-state index in [1.165, 1.54) is 11.3 Å². The number of hydrogen-bond acceptors (Lipinski definition) is 5. The lowest BCUT2D eigenvalue weighted by molar-refractivity contribution is -0.137. The van der Waals surface area contributed by atoms with Gasteiger partial charge in [-0.05, 0) is 43.8 Å². The van der Waals surface area contributed by atoms with Gasteiger partial charge in [-0.3, -0.25) is 9.36 Å². The van der Waals surface area contributed by atoms with Gasteiger partial charge in [-0.2, -0.15) is 0 Å². The molecule has 0 aliphatic heterocycles. The third kappa shape index (κ3) is 4.56. The van der Waals surface area contributed by atoms with E-state index in [-0.39, 0.29) is 18.2 Å². The molecular weight excluding hydrogens is 334 g/mol. The number of aliphatic carboxylic acids is 1. The Morgan fingerprint density at radius 3 is 2.87 bits per heavy atom. The first kappa shape index (κ1) is 17.5. The van der Waals surface area contributed by atoms with Crippen LogP contribution in [-0.4, -0.2) is 20.7 Å². The molecule has 2 N–H and O–H groups in total. The molecule has 0 aromatic carbocycles. The van der Waals surface area contributed by atoms with E-state index in [9.17, 15) is 9.90 Å². The number of carbonyl (C=O) groups is 1. The number of aromatic nitrogens is 1. The van der Waals surface area contributed by atoms with E-state index in [0.29, 0.717) is 21.8 Å². The molecule has 0 amide bonds. The number of furan rings is 1. The third-order valence-corrected chi connectivity index (χ3v) is 4.82. The first-order valence-corrected chi connectivity index (χ1v) is 8.50. The molecule has 0 bridgehead atoms. The summed E-state index contributed by atoms with van der Waals surface area (Å²) in [5.74, 6) is 1.05. The van der Waals surface area contributed by atoms with Crippen molar-refractivity contribution in [1.82, 2.24) is 4.57 Å². The van der Waals surface area contributed by atoms with Crippen LogP contribution in [0.1, 0.15) is 42.1 Å². The van der Waals surface area contributed by atoms with E-state index in [2.05, 4.69) is 0 Å². The predicted octanol–water partition coefficient (Wildman–Crippen LogP) is 4.57. The largest absolute Gasteiger partial charge is 0.493 e. The summed E-state index contributed by atoms with van der Waals surface area (Å²) in [6, 6.07) is 3.85. The number of carboxylic acid groups (broad SMARTS) is 1. The Morgan fingerprint density at radius 2 is 2.26 bits per heavy atom. The molecule has 0 aliphatic carbocycles. The van der Waals surface area contributed by atoms with Crippen molar-refractivity contribution in [3.63, 3.8) is 0 Å². The van der Waals surface area contributed by atoms with E-state index >= 15 is 0 Å². The molecule has 1 atom stereocenters. The minimum absolute atomic E-state index is 0.0527. The van der Waals surface area contributed by atoms with Crippen molar-refractivity contribution < 1.29 is 19.4 Å². The maximum Gasteiger partial charge on any atom is 0.303 e. The second kappa shape index (κ2) is 7.61. The molecule has 124 valence electrons. The van der Waals surface area contributed by atoms with Crippen LogP contribution in [0.2, 0.25) is 0 Å². The number of thiazole rings is 1. The van der Waals surface area contributed by atoms with Gasteiger partial charge in [-0.25, -0.2) is 0 Å². The summed E-state index contributed by atoms with van der Waals surface area (Å²) in [6.07, 6.45) is 4.25. The zero-order valence-electron chi connectivity index (χ0n) is 13.0. The minimum atomic E-state index is -0.853. The summed E-state index contributed by atoms with van der Waals surface area (Å²) in [6.45, 7) is 4.30. The maximum absolute atomic E-state index is 10.6. The molecule has 2 rings (SSSR count). The Kier molecular flexibility index (Phi) is 5.79. The molecule has 2 aromatic rings. The number of nitrogens with zero attached hydrogens (tertiary/aromatic N) is 1. The van der Waals surface area contributed by atoms with Crippen molar-refractivity contribution in [3.05, 3.63) is 38.6 Å². The lowest BCUT2D eigenvalue weighted by atomic mass is 10.1. The normalized spacial score (nSPS) is 12.8. The SMILES string of the molecule is Cc1ccc(C(C)C=Cc2sc(=S)n(CCCC(=O)O)c2O)o1. The van der Waals surface area contributed by atoms with Crippen LogP contribution in [0.15, 0.2) is 22.6 Å².